The smallest absolute Gasteiger partial charge is 0.305 e. The Morgan fingerprint density at radius 3 is 2.39 bits per heavy atom. The second-order valence-corrected chi connectivity index (χ2v) is 4.11. The molecule has 0 aliphatic rings. The molecule has 4 nitrogen and oxygen atoms in total. The van der Waals surface area contributed by atoms with Crippen LogP contribution in [0, 0.1) is 0 Å². The van der Waals surface area contributed by atoms with Crippen molar-refractivity contribution >= 4 is 11.9 Å². The largest absolute Gasteiger partial charge is 0.481 e. The molecule has 0 aliphatic heterocycles. The minimum absolute atomic E-state index is 0.000525. The zero-order chi connectivity index (χ0) is 13.4. The molecule has 1 aromatic carbocycles. The molecule has 4 heteroatoms. The second kappa shape index (κ2) is 7.48. The van der Waals surface area contributed by atoms with E-state index in [0.29, 0.717) is 13.0 Å². The monoisotopic (exact) mass is 249 g/mol. The molecule has 0 saturated carbocycles. The van der Waals surface area contributed by atoms with E-state index in [0.717, 1.165) is 12.0 Å². The highest BCUT2D eigenvalue weighted by Crippen LogP contribution is 2.03. The Morgan fingerprint density at radius 2 is 1.83 bits per heavy atom. The Bertz CT molecular complexity index is 389. The molecule has 0 spiro atoms. The number of hydrogen-bond acceptors (Lipinski definition) is 2. The van der Waals surface area contributed by atoms with E-state index in [2.05, 4.69) is 0 Å². The Kier molecular flexibility index (Phi) is 5.91. The number of benzene rings is 1. The van der Waals surface area contributed by atoms with Crippen LogP contribution >= 0.6 is 0 Å². The molecule has 0 bridgehead atoms. The molecule has 0 atom stereocenters. The summed E-state index contributed by atoms with van der Waals surface area (Å²) in [5, 5.41) is 8.66. The Labute approximate surface area is 107 Å². The van der Waals surface area contributed by atoms with Crippen LogP contribution in [0.15, 0.2) is 30.3 Å². The predicted molar refractivity (Wildman–Crippen MR) is 69.3 cm³/mol. The number of hydrogen-bond donors (Lipinski definition) is 1. The first-order valence-electron chi connectivity index (χ1n) is 6.17. The van der Waals surface area contributed by atoms with Gasteiger partial charge < -0.3 is 10.0 Å². The van der Waals surface area contributed by atoms with Gasteiger partial charge in [-0.05, 0) is 12.0 Å². The van der Waals surface area contributed by atoms with Gasteiger partial charge >= 0.3 is 5.97 Å². The number of aliphatic carboxylic acids is 1. The number of carbonyl (C=O) groups excluding carboxylic acids is 1. The van der Waals surface area contributed by atoms with Crippen LogP contribution < -0.4 is 0 Å². The summed E-state index contributed by atoms with van der Waals surface area (Å²) >= 11 is 0. The highest BCUT2D eigenvalue weighted by Gasteiger charge is 2.12. The topological polar surface area (TPSA) is 57.6 Å². The summed E-state index contributed by atoms with van der Waals surface area (Å²) in [7, 11) is 0. The predicted octanol–water partition coefficient (Wildman–Crippen LogP) is 1.94. The van der Waals surface area contributed by atoms with Gasteiger partial charge in [0.2, 0.25) is 5.91 Å². The van der Waals surface area contributed by atoms with Gasteiger partial charge in [-0.1, -0.05) is 37.3 Å². The van der Waals surface area contributed by atoms with Crippen molar-refractivity contribution in [2.24, 2.45) is 0 Å². The number of carboxylic acid groups (broad SMARTS) is 1. The zero-order valence-corrected chi connectivity index (χ0v) is 10.6. The van der Waals surface area contributed by atoms with Crippen molar-refractivity contribution in [1.82, 2.24) is 4.90 Å². The van der Waals surface area contributed by atoms with E-state index in [9.17, 15) is 9.59 Å². The number of rotatable bonds is 7. The van der Waals surface area contributed by atoms with Crippen LogP contribution in [0.3, 0.4) is 0 Å². The quantitative estimate of drug-likeness (QED) is 0.803. The van der Waals surface area contributed by atoms with Crippen LogP contribution in [0.2, 0.25) is 0 Å². The molecule has 98 valence electrons. The molecule has 1 amide bonds. The van der Waals surface area contributed by atoms with Crippen molar-refractivity contribution in [3.8, 4) is 0 Å². The fourth-order valence-corrected chi connectivity index (χ4v) is 1.72. The fraction of sp³-hybridized carbons (Fsp3) is 0.429. The third kappa shape index (κ3) is 4.99. The first kappa shape index (κ1) is 14.2. The third-order valence-corrected chi connectivity index (χ3v) is 2.76. The van der Waals surface area contributed by atoms with Gasteiger partial charge in [0.05, 0.1) is 6.42 Å². The molecular formula is C14H19NO3. The van der Waals surface area contributed by atoms with Gasteiger partial charge in [-0.15, -0.1) is 0 Å². The Balaban J connectivity index is 2.50. The normalized spacial score (nSPS) is 10.1. The van der Waals surface area contributed by atoms with Gasteiger partial charge in [0, 0.05) is 19.5 Å². The molecule has 1 aromatic rings. The fourth-order valence-electron chi connectivity index (χ4n) is 1.72. The van der Waals surface area contributed by atoms with Crippen molar-refractivity contribution < 1.29 is 14.7 Å². The molecule has 0 fully saturated rings. The highest BCUT2D eigenvalue weighted by atomic mass is 16.4. The van der Waals surface area contributed by atoms with Crippen molar-refractivity contribution in [3.05, 3.63) is 35.9 Å². The van der Waals surface area contributed by atoms with Gasteiger partial charge in [-0.2, -0.15) is 0 Å². The van der Waals surface area contributed by atoms with Crippen molar-refractivity contribution in [1.29, 1.82) is 0 Å². The molecular weight excluding hydrogens is 230 g/mol. The first-order chi connectivity index (χ1) is 8.63. The lowest BCUT2D eigenvalue weighted by Gasteiger charge is -2.21. The summed E-state index contributed by atoms with van der Waals surface area (Å²) in [5.74, 6) is -0.865. The molecule has 1 N–H and O–H groups in total. The molecule has 1 rings (SSSR count). The maximum absolute atomic E-state index is 11.7. The summed E-state index contributed by atoms with van der Waals surface area (Å²) in [5.41, 5.74) is 1.15. The first-order valence-corrected chi connectivity index (χ1v) is 6.17. The van der Waals surface area contributed by atoms with Crippen molar-refractivity contribution in [2.45, 2.75) is 26.2 Å². The van der Waals surface area contributed by atoms with Crippen molar-refractivity contribution in [2.75, 3.05) is 13.1 Å². The van der Waals surface area contributed by atoms with Crippen LogP contribution in [-0.4, -0.2) is 35.0 Å². The molecule has 0 aliphatic carbocycles. The molecule has 0 aromatic heterocycles. The van der Waals surface area contributed by atoms with E-state index in [4.69, 9.17) is 5.11 Å². The van der Waals surface area contributed by atoms with E-state index in [-0.39, 0.29) is 18.9 Å². The van der Waals surface area contributed by atoms with E-state index < -0.39 is 5.97 Å². The van der Waals surface area contributed by atoms with Gasteiger partial charge in [-0.25, -0.2) is 0 Å². The number of carboxylic acids is 1. The van der Waals surface area contributed by atoms with Gasteiger partial charge in [-0.3, -0.25) is 9.59 Å². The van der Waals surface area contributed by atoms with E-state index in [1.165, 1.54) is 0 Å². The highest BCUT2D eigenvalue weighted by molar-refractivity contribution is 5.76. The van der Waals surface area contributed by atoms with E-state index in [1.807, 2.05) is 30.3 Å². The van der Waals surface area contributed by atoms with Crippen LogP contribution in [0.25, 0.3) is 0 Å². The maximum atomic E-state index is 11.7. The molecule has 0 saturated heterocycles. The lowest BCUT2D eigenvalue weighted by atomic mass is 10.1. The van der Waals surface area contributed by atoms with Crippen LogP contribution in [-0.2, 0) is 16.0 Å². The van der Waals surface area contributed by atoms with Crippen molar-refractivity contribution in [3.63, 3.8) is 0 Å². The number of amides is 1. The summed E-state index contributed by atoms with van der Waals surface area (Å²) in [6, 6.07) is 9.87. The lowest BCUT2D eigenvalue weighted by molar-refractivity contribution is -0.138. The summed E-state index contributed by atoms with van der Waals surface area (Å²) < 4.78 is 0. The van der Waals surface area contributed by atoms with Gasteiger partial charge in [0.25, 0.3) is 0 Å². The number of nitrogens with zero attached hydrogens (tertiary/aromatic N) is 1. The summed E-state index contributed by atoms with van der Waals surface area (Å²) in [6.07, 6.45) is 1.17. The minimum Gasteiger partial charge on any atom is -0.481 e. The molecule has 18 heavy (non-hydrogen) atoms. The molecule has 0 unspecified atom stereocenters. The summed E-state index contributed by atoms with van der Waals surface area (Å²) in [4.78, 5) is 23.9. The third-order valence-electron chi connectivity index (χ3n) is 2.76. The summed E-state index contributed by atoms with van der Waals surface area (Å²) in [6.45, 7) is 2.65. The second-order valence-electron chi connectivity index (χ2n) is 4.11. The van der Waals surface area contributed by atoms with Crippen LogP contribution in [0.1, 0.15) is 25.3 Å². The Morgan fingerprint density at radius 1 is 1.17 bits per heavy atom. The van der Waals surface area contributed by atoms with Crippen LogP contribution in [0.4, 0.5) is 0 Å². The molecule has 0 radical (unpaired) electrons. The number of carbonyl (C=O) groups is 2. The maximum Gasteiger partial charge on any atom is 0.305 e. The standard InChI is InChI=1S/C14H19NO3/c1-2-13(16)15(11-9-14(17)18)10-8-12-6-4-3-5-7-12/h3-7H,2,8-11H2,1H3,(H,17,18). The average molecular weight is 249 g/mol. The lowest BCUT2D eigenvalue weighted by Crippen LogP contribution is -2.34. The minimum atomic E-state index is -0.872. The SMILES string of the molecule is CCC(=O)N(CCC(=O)O)CCc1ccccc1. The van der Waals surface area contributed by atoms with Gasteiger partial charge in [0.1, 0.15) is 0 Å². The van der Waals surface area contributed by atoms with Gasteiger partial charge in [0.15, 0.2) is 0 Å². The van der Waals surface area contributed by atoms with E-state index >= 15 is 0 Å². The molecule has 0 heterocycles. The van der Waals surface area contributed by atoms with E-state index in [1.54, 1.807) is 11.8 Å². The average Bonchev–Trinajstić information content (AvgIpc) is 2.39. The van der Waals surface area contributed by atoms with Crippen LogP contribution in [0.5, 0.6) is 0 Å². The Hall–Kier alpha value is -1.84. The zero-order valence-electron chi connectivity index (χ0n) is 10.6.